The molecule has 0 N–H and O–H groups in total. The molecule has 0 aliphatic carbocycles. The maximum Gasteiger partial charge on any atom is 0.303 e. The van der Waals surface area contributed by atoms with Gasteiger partial charge in [0.25, 0.3) is 0 Å². The maximum atomic E-state index is 11.9. The van der Waals surface area contributed by atoms with E-state index in [-0.39, 0.29) is 0 Å². The molecule has 0 radical (unpaired) electrons. The van der Waals surface area contributed by atoms with Crippen LogP contribution in [0.1, 0.15) is 31.0 Å². The van der Waals surface area contributed by atoms with Crippen LogP contribution < -0.4 is 0 Å². The molecule has 1 aliphatic heterocycles. The van der Waals surface area contributed by atoms with Gasteiger partial charge in [0.05, 0.1) is 6.33 Å². The molecule has 0 bridgehead atoms. The fourth-order valence-electron chi connectivity index (χ4n) is 2.82. The van der Waals surface area contributed by atoms with Gasteiger partial charge >= 0.3 is 17.9 Å². The summed E-state index contributed by atoms with van der Waals surface area (Å²) in [6, 6.07) is 0. The van der Waals surface area contributed by atoms with Crippen LogP contribution in [0.4, 0.5) is 0 Å². The van der Waals surface area contributed by atoms with E-state index in [0.29, 0.717) is 14.9 Å². The molecular weight excluding hydrogens is 487 g/mol. The Balaban J connectivity index is 1.99. The maximum absolute atomic E-state index is 11.9. The number of nitrogens with zero attached hydrogens (tertiary/aromatic N) is 4. The molecule has 3 heterocycles. The molecule has 2 aromatic heterocycles. The highest BCUT2D eigenvalue weighted by Gasteiger charge is 2.51. The fraction of sp³-hybridized carbons (Fsp3) is 0.500. The second-order valence-electron chi connectivity index (χ2n) is 5.65. The lowest BCUT2D eigenvalue weighted by atomic mass is 10.1. The first-order chi connectivity index (χ1) is 14.9. The molecule has 2 aromatic rings. The highest BCUT2D eigenvalue weighted by atomic mass is 127. The number of carbonyl (C=O) groups is 3. The fourth-order valence-corrected chi connectivity index (χ4v) is 3.33. The van der Waals surface area contributed by atoms with Crippen molar-refractivity contribution in [1.82, 2.24) is 19.5 Å². The van der Waals surface area contributed by atoms with Crippen molar-refractivity contribution in [3.8, 4) is 0 Å². The SMILES string of the molecule is [2H]CC(=O)OC[C@H]1OC(n2cnc3c(I)ncnc32)[C@H](OC(=O)C[2H])[C@@H]1OC(=O)C[2H]. The lowest BCUT2D eigenvalue weighted by molar-refractivity contribution is -0.166. The van der Waals surface area contributed by atoms with Crippen LogP contribution in [-0.2, 0) is 33.3 Å². The topological polar surface area (TPSA) is 132 Å². The van der Waals surface area contributed by atoms with E-state index in [2.05, 4.69) is 15.0 Å². The van der Waals surface area contributed by atoms with Crippen molar-refractivity contribution in [2.24, 2.45) is 0 Å². The van der Waals surface area contributed by atoms with Crippen LogP contribution >= 0.6 is 22.6 Å². The predicted molar refractivity (Wildman–Crippen MR) is 99.7 cm³/mol. The van der Waals surface area contributed by atoms with Crippen molar-refractivity contribution in [3.05, 3.63) is 16.4 Å². The summed E-state index contributed by atoms with van der Waals surface area (Å²) in [6.07, 6.45) is -1.94. The Morgan fingerprint density at radius 2 is 1.86 bits per heavy atom. The van der Waals surface area contributed by atoms with Crippen LogP contribution in [0.5, 0.6) is 0 Å². The molecular formula is C16H17IN4O7. The van der Waals surface area contributed by atoms with Gasteiger partial charge in [-0.05, 0) is 22.6 Å². The average molecular weight is 507 g/mol. The highest BCUT2D eigenvalue weighted by molar-refractivity contribution is 14.1. The molecule has 1 fully saturated rings. The zero-order valence-electron chi connectivity index (χ0n) is 17.3. The van der Waals surface area contributed by atoms with Crippen molar-refractivity contribution in [3.63, 3.8) is 0 Å². The zero-order chi connectivity index (χ0) is 22.5. The van der Waals surface area contributed by atoms with E-state index in [1.165, 1.54) is 17.2 Å². The van der Waals surface area contributed by atoms with Crippen molar-refractivity contribution in [1.29, 1.82) is 0 Å². The van der Waals surface area contributed by atoms with Gasteiger partial charge in [0.2, 0.25) is 0 Å². The number of rotatable bonds is 5. The van der Waals surface area contributed by atoms with Crippen molar-refractivity contribution in [2.45, 2.75) is 45.2 Å². The van der Waals surface area contributed by atoms with Gasteiger partial charge in [-0.25, -0.2) is 15.0 Å². The van der Waals surface area contributed by atoms with Crippen LogP contribution in [0.3, 0.4) is 0 Å². The molecule has 150 valence electrons. The zero-order valence-corrected chi connectivity index (χ0v) is 16.5. The number of hydrogen-bond acceptors (Lipinski definition) is 10. The lowest BCUT2D eigenvalue weighted by Crippen LogP contribution is -2.40. The minimum absolute atomic E-state index is 0.352. The first kappa shape index (κ1) is 16.6. The minimum Gasteiger partial charge on any atom is -0.463 e. The van der Waals surface area contributed by atoms with Crippen molar-refractivity contribution < 1.29 is 37.4 Å². The summed E-state index contributed by atoms with van der Waals surface area (Å²) >= 11 is 1.98. The molecule has 11 nitrogen and oxygen atoms in total. The molecule has 1 saturated heterocycles. The van der Waals surface area contributed by atoms with Crippen molar-refractivity contribution in [2.75, 3.05) is 6.61 Å². The molecule has 1 aliphatic rings. The second-order valence-corrected chi connectivity index (χ2v) is 6.67. The van der Waals surface area contributed by atoms with Gasteiger partial charge in [0, 0.05) is 24.8 Å². The van der Waals surface area contributed by atoms with E-state index in [4.69, 9.17) is 23.1 Å². The van der Waals surface area contributed by atoms with Crippen LogP contribution in [0.25, 0.3) is 11.2 Å². The van der Waals surface area contributed by atoms with Gasteiger partial charge < -0.3 is 18.9 Å². The molecule has 0 saturated carbocycles. The van der Waals surface area contributed by atoms with Crippen molar-refractivity contribution >= 4 is 51.7 Å². The third-order valence-corrected chi connectivity index (χ3v) is 4.61. The van der Waals surface area contributed by atoms with E-state index in [9.17, 15) is 14.4 Å². The lowest BCUT2D eigenvalue weighted by Gasteiger charge is -2.23. The van der Waals surface area contributed by atoms with E-state index in [1.54, 1.807) is 0 Å². The Hall–Kier alpha value is -2.35. The predicted octanol–water partition coefficient (Wildman–Crippen LogP) is 0.755. The summed E-state index contributed by atoms with van der Waals surface area (Å²) in [5.41, 5.74) is 0.812. The minimum atomic E-state index is -1.24. The second kappa shape index (κ2) is 8.34. The molecule has 28 heavy (non-hydrogen) atoms. The summed E-state index contributed by atoms with van der Waals surface area (Å²) in [7, 11) is 0. The number of fused-ring (bicyclic) bond motifs is 1. The first-order valence-electron chi connectivity index (χ1n) is 9.92. The Morgan fingerprint density at radius 1 is 1.14 bits per heavy atom. The number of esters is 3. The number of aromatic nitrogens is 4. The van der Waals surface area contributed by atoms with E-state index < -0.39 is 69.8 Å². The first-order valence-corrected chi connectivity index (χ1v) is 8.88. The molecule has 12 heteroatoms. The largest absolute Gasteiger partial charge is 0.463 e. The van der Waals surface area contributed by atoms with Gasteiger partial charge in [-0.15, -0.1) is 0 Å². The normalized spacial score (nSPS) is 25.5. The Labute approximate surface area is 177 Å². The molecule has 0 amide bonds. The highest BCUT2D eigenvalue weighted by Crippen LogP contribution is 2.36. The molecule has 0 aromatic carbocycles. The van der Waals surface area contributed by atoms with Gasteiger partial charge in [-0.3, -0.25) is 19.0 Å². The molecule has 0 spiro atoms. The number of ether oxygens (including phenoxy) is 4. The smallest absolute Gasteiger partial charge is 0.303 e. The van der Waals surface area contributed by atoms with E-state index in [0.717, 1.165) is 0 Å². The summed E-state index contributed by atoms with van der Waals surface area (Å²) in [5, 5.41) is 0. The molecule has 3 rings (SSSR count). The number of carbonyl (C=O) groups excluding carboxylic acids is 3. The standard InChI is InChI=1S/C16H17IN4O7/c1-7(22)25-4-10-12(26-8(2)23)13(27-9(3)24)16(28-10)21-6-20-11-14(17)18-5-19-15(11)21/h5-6,10,12-13,16H,4H2,1-3H3/t10-,12-,13-,16?/m1/s1/i1D,2D,3D. The number of hydrogen-bond donors (Lipinski definition) is 0. The summed E-state index contributed by atoms with van der Waals surface area (Å²) in [6.45, 7) is -2.39. The number of halogens is 1. The van der Waals surface area contributed by atoms with Gasteiger partial charge in [0.1, 0.15) is 28.3 Å². The van der Waals surface area contributed by atoms with E-state index >= 15 is 0 Å². The van der Waals surface area contributed by atoms with E-state index in [1.807, 2.05) is 22.6 Å². The van der Waals surface area contributed by atoms with Gasteiger partial charge in [-0.1, -0.05) is 0 Å². The summed E-state index contributed by atoms with van der Waals surface area (Å²) in [4.78, 5) is 47.6. The third kappa shape index (κ3) is 4.22. The molecule has 1 unspecified atom stereocenters. The van der Waals surface area contributed by atoms with Gasteiger partial charge in [0.15, 0.2) is 24.1 Å². The van der Waals surface area contributed by atoms with Crippen LogP contribution in [0.15, 0.2) is 12.7 Å². The Morgan fingerprint density at radius 3 is 2.57 bits per heavy atom. The van der Waals surface area contributed by atoms with Crippen LogP contribution in [0.2, 0.25) is 0 Å². The average Bonchev–Trinajstić information content (AvgIpc) is 3.34. The quantitative estimate of drug-likeness (QED) is 0.247. The summed E-state index contributed by atoms with van der Waals surface area (Å²) < 4.78 is 45.0. The summed E-state index contributed by atoms with van der Waals surface area (Å²) in [5.74, 6) is -2.64. The number of imidazole rings is 1. The monoisotopic (exact) mass is 507 g/mol. The Bertz CT molecular complexity index is 978. The van der Waals surface area contributed by atoms with Gasteiger partial charge in [-0.2, -0.15) is 0 Å². The van der Waals surface area contributed by atoms with Crippen LogP contribution in [0, 0.1) is 3.70 Å². The Kier molecular flexibility index (Phi) is 4.94. The third-order valence-electron chi connectivity index (χ3n) is 3.82. The van der Waals surface area contributed by atoms with Crippen LogP contribution in [-0.4, -0.2) is 62.3 Å². The molecule has 4 atom stereocenters.